The van der Waals surface area contributed by atoms with Gasteiger partial charge in [0.05, 0.1) is 7.11 Å². The summed E-state index contributed by atoms with van der Waals surface area (Å²) in [7, 11) is 1.31. The fourth-order valence-electron chi connectivity index (χ4n) is 2.31. The number of methoxy groups -OCH3 is 1. The summed E-state index contributed by atoms with van der Waals surface area (Å²) in [5.41, 5.74) is 3.34. The molecule has 0 aliphatic heterocycles. The van der Waals surface area contributed by atoms with Gasteiger partial charge in [-0.25, -0.2) is 9.78 Å². The summed E-state index contributed by atoms with van der Waals surface area (Å²) in [4.78, 5) is 15.5. The van der Waals surface area contributed by atoms with E-state index in [2.05, 4.69) is 9.72 Å². The minimum Gasteiger partial charge on any atom is -0.464 e. The van der Waals surface area contributed by atoms with Crippen molar-refractivity contribution in [3.63, 3.8) is 0 Å². The Morgan fingerprint density at radius 2 is 2.25 bits per heavy atom. The molecule has 20 heavy (non-hydrogen) atoms. The monoisotopic (exact) mass is 287 g/mol. The number of carbonyl (C=O) groups excluding carboxylic acids is 1. The lowest BCUT2D eigenvalue weighted by atomic mass is 10.0. The van der Waals surface area contributed by atoms with Crippen molar-refractivity contribution in [2.24, 2.45) is 0 Å². The van der Waals surface area contributed by atoms with Gasteiger partial charge in [-0.1, -0.05) is 30.3 Å². The van der Waals surface area contributed by atoms with Crippen LogP contribution in [0.2, 0.25) is 0 Å². The van der Waals surface area contributed by atoms with Crippen LogP contribution in [-0.4, -0.2) is 23.2 Å². The van der Waals surface area contributed by atoms with Gasteiger partial charge in [0.15, 0.2) is 5.69 Å². The molecule has 0 spiro atoms. The molecule has 5 heteroatoms. The summed E-state index contributed by atoms with van der Waals surface area (Å²) in [5, 5.41) is 12.6. The van der Waals surface area contributed by atoms with Crippen molar-refractivity contribution >= 4 is 22.9 Å². The average molecular weight is 287 g/mol. The van der Waals surface area contributed by atoms with Crippen molar-refractivity contribution in [1.82, 2.24) is 4.98 Å². The van der Waals surface area contributed by atoms with Gasteiger partial charge in [-0.2, -0.15) is 0 Å². The number of rotatable bonds is 3. The molecule has 0 saturated heterocycles. The molecule has 1 N–H and O–H groups in total. The maximum Gasteiger partial charge on any atom is 0.357 e. The zero-order chi connectivity index (χ0) is 14.1. The molecule has 0 unspecified atom stereocenters. The number of hydrogen-bond donors (Lipinski definition) is 1. The Labute approximate surface area is 120 Å². The summed E-state index contributed by atoms with van der Waals surface area (Å²) >= 11 is 1.26. The first kappa shape index (κ1) is 13.0. The summed E-state index contributed by atoms with van der Waals surface area (Å²) < 4.78 is 4.62. The number of fused-ring (bicyclic) bond motifs is 1. The molecule has 0 radical (unpaired) electrons. The lowest BCUT2D eigenvalue weighted by molar-refractivity contribution is 0.0594. The number of carbonyl (C=O) groups is 1. The highest BCUT2D eigenvalue weighted by Crippen LogP contribution is 2.37. The smallest absolute Gasteiger partial charge is 0.357 e. The number of allylic oxidation sites excluding steroid dienone is 1. The third kappa shape index (κ3) is 2.15. The molecule has 1 heterocycles. The molecule has 1 atom stereocenters. The Hall–Kier alpha value is -1.98. The molecule has 102 valence electrons. The van der Waals surface area contributed by atoms with Crippen LogP contribution in [-0.2, 0) is 11.2 Å². The fraction of sp³-hybridized carbons (Fsp3) is 0.200. The van der Waals surface area contributed by atoms with E-state index in [1.165, 1.54) is 24.0 Å². The van der Waals surface area contributed by atoms with Crippen LogP contribution >= 0.6 is 11.3 Å². The van der Waals surface area contributed by atoms with Gasteiger partial charge in [0.25, 0.3) is 0 Å². The van der Waals surface area contributed by atoms with Gasteiger partial charge in [-0.15, -0.1) is 11.3 Å². The van der Waals surface area contributed by atoms with E-state index in [0.717, 1.165) is 17.6 Å². The third-order valence-electron chi connectivity index (χ3n) is 3.32. The number of hydrogen-bond acceptors (Lipinski definition) is 5. The van der Waals surface area contributed by atoms with Crippen molar-refractivity contribution in [1.29, 1.82) is 0 Å². The van der Waals surface area contributed by atoms with E-state index in [1.807, 2.05) is 30.3 Å². The first-order valence-corrected chi connectivity index (χ1v) is 7.09. The van der Waals surface area contributed by atoms with Gasteiger partial charge in [0, 0.05) is 5.38 Å². The molecule has 1 aliphatic rings. The third-order valence-corrected chi connectivity index (χ3v) is 4.21. The number of benzene rings is 1. The van der Waals surface area contributed by atoms with Crippen molar-refractivity contribution in [2.75, 3.05) is 7.11 Å². The number of aromatic nitrogens is 1. The average Bonchev–Trinajstić information content (AvgIpc) is 3.12. The van der Waals surface area contributed by atoms with Crippen molar-refractivity contribution < 1.29 is 14.6 Å². The Kier molecular flexibility index (Phi) is 3.38. The molecule has 0 amide bonds. The van der Waals surface area contributed by atoms with E-state index in [1.54, 1.807) is 5.38 Å². The molecular formula is C15H13NO3S. The minimum absolute atomic E-state index is 0.235. The number of aliphatic hydroxyl groups excluding tert-OH is 1. The highest BCUT2D eigenvalue weighted by atomic mass is 32.1. The number of nitrogens with zero attached hydrogens (tertiary/aromatic N) is 1. The standard InChI is InChI=1S/C15H13NO3S/c1-19-15(18)12-8-20-14(16-12)13(17)11-7-6-9-4-2-3-5-10(9)11/h2-5,7-8,13,17H,6H2,1H3/t13-/m1/s1. The Morgan fingerprint density at radius 1 is 1.45 bits per heavy atom. The van der Waals surface area contributed by atoms with Crippen LogP contribution in [0.15, 0.2) is 35.7 Å². The van der Waals surface area contributed by atoms with Gasteiger partial charge in [0.1, 0.15) is 11.1 Å². The maximum atomic E-state index is 11.4. The van der Waals surface area contributed by atoms with Crippen LogP contribution in [0.1, 0.15) is 32.7 Å². The van der Waals surface area contributed by atoms with Crippen LogP contribution < -0.4 is 0 Å². The van der Waals surface area contributed by atoms with Crippen molar-refractivity contribution in [3.8, 4) is 0 Å². The van der Waals surface area contributed by atoms with Crippen molar-refractivity contribution in [3.05, 3.63) is 57.6 Å². The highest BCUT2D eigenvalue weighted by Gasteiger charge is 2.24. The molecule has 3 rings (SSSR count). The number of esters is 1. The van der Waals surface area contributed by atoms with E-state index in [9.17, 15) is 9.90 Å². The normalized spacial score (nSPS) is 14.6. The fourth-order valence-corrected chi connectivity index (χ4v) is 3.10. The molecule has 2 aromatic rings. The van der Waals surface area contributed by atoms with Crippen LogP contribution in [0.3, 0.4) is 0 Å². The Balaban J connectivity index is 1.89. The zero-order valence-electron chi connectivity index (χ0n) is 10.9. The second-order valence-corrected chi connectivity index (χ2v) is 5.38. The quantitative estimate of drug-likeness (QED) is 0.882. The predicted molar refractivity (Wildman–Crippen MR) is 76.5 cm³/mol. The Bertz CT molecular complexity index is 690. The van der Waals surface area contributed by atoms with Crippen molar-refractivity contribution in [2.45, 2.75) is 12.5 Å². The number of ether oxygens (including phenoxy) is 1. The molecule has 1 aromatic carbocycles. The summed E-state index contributed by atoms with van der Waals surface area (Å²) in [5.74, 6) is -0.486. The first-order valence-electron chi connectivity index (χ1n) is 6.21. The van der Waals surface area contributed by atoms with E-state index in [-0.39, 0.29) is 5.69 Å². The van der Waals surface area contributed by atoms with Crippen LogP contribution in [0.5, 0.6) is 0 Å². The van der Waals surface area contributed by atoms with Crippen LogP contribution in [0.25, 0.3) is 5.57 Å². The Morgan fingerprint density at radius 3 is 3.05 bits per heavy atom. The van der Waals surface area contributed by atoms with E-state index in [4.69, 9.17) is 0 Å². The van der Waals surface area contributed by atoms with Crippen LogP contribution in [0.4, 0.5) is 0 Å². The van der Waals surface area contributed by atoms with Gasteiger partial charge in [-0.3, -0.25) is 0 Å². The van der Waals surface area contributed by atoms with Gasteiger partial charge >= 0.3 is 5.97 Å². The second-order valence-electron chi connectivity index (χ2n) is 4.49. The molecule has 0 fully saturated rings. The van der Waals surface area contributed by atoms with Gasteiger partial charge < -0.3 is 9.84 Å². The molecular weight excluding hydrogens is 274 g/mol. The summed E-state index contributed by atoms with van der Waals surface area (Å²) in [6, 6.07) is 7.98. The van der Waals surface area contributed by atoms with Gasteiger partial charge in [0.2, 0.25) is 0 Å². The second kappa shape index (κ2) is 5.19. The van der Waals surface area contributed by atoms with Crippen LogP contribution in [0, 0.1) is 0 Å². The topological polar surface area (TPSA) is 59.4 Å². The van der Waals surface area contributed by atoms with Gasteiger partial charge in [-0.05, 0) is 23.1 Å². The number of aliphatic hydroxyl groups is 1. The molecule has 1 aliphatic carbocycles. The molecule has 4 nitrogen and oxygen atoms in total. The number of thiazole rings is 1. The summed E-state index contributed by atoms with van der Waals surface area (Å²) in [6.07, 6.45) is 2.02. The predicted octanol–water partition coefficient (Wildman–Crippen LogP) is 2.60. The van der Waals surface area contributed by atoms with E-state index < -0.39 is 12.1 Å². The molecule has 0 bridgehead atoms. The molecule has 1 aromatic heterocycles. The highest BCUT2D eigenvalue weighted by molar-refractivity contribution is 7.10. The SMILES string of the molecule is COC(=O)c1csc([C@H](O)C2=CCc3ccccc32)n1. The lowest BCUT2D eigenvalue weighted by Gasteiger charge is -2.11. The largest absolute Gasteiger partial charge is 0.464 e. The lowest BCUT2D eigenvalue weighted by Crippen LogP contribution is -2.04. The van der Waals surface area contributed by atoms with E-state index >= 15 is 0 Å². The molecule has 0 saturated carbocycles. The first-order chi connectivity index (χ1) is 9.70. The minimum atomic E-state index is -0.804. The van der Waals surface area contributed by atoms with E-state index in [0.29, 0.717) is 5.01 Å². The summed E-state index contributed by atoms with van der Waals surface area (Å²) in [6.45, 7) is 0. The maximum absolute atomic E-state index is 11.4. The zero-order valence-corrected chi connectivity index (χ0v) is 11.7.